The molecule has 0 fully saturated rings. The van der Waals surface area contributed by atoms with Crippen LogP contribution in [0, 0.1) is 12.7 Å². The smallest absolute Gasteiger partial charge is 0.234 e. The maximum atomic E-state index is 13.1. The molecular formula is C19H16FN3OS. The molecule has 4 nitrogen and oxygen atoms in total. The second-order valence-electron chi connectivity index (χ2n) is 5.42. The molecule has 0 saturated carbocycles. The van der Waals surface area contributed by atoms with Crippen molar-refractivity contribution in [3.05, 3.63) is 72.0 Å². The molecule has 0 saturated heterocycles. The van der Waals surface area contributed by atoms with E-state index in [1.54, 1.807) is 12.1 Å². The Morgan fingerprint density at radius 1 is 1.08 bits per heavy atom. The average Bonchev–Trinajstić information content (AvgIpc) is 2.61. The normalized spacial score (nSPS) is 10.5. The van der Waals surface area contributed by atoms with Gasteiger partial charge in [-0.2, -0.15) is 0 Å². The van der Waals surface area contributed by atoms with Crippen LogP contribution in [0.15, 0.2) is 65.7 Å². The first-order chi connectivity index (χ1) is 12.1. The second-order valence-corrected chi connectivity index (χ2v) is 6.41. The van der Waals surface area contributed by atoms with Gasteiger partial charge in [0.15, 0.2) is 0 Å². The molecule has 2 aromatic carbocycles. The van der Waals surface area contributed by atoms with Gasteiger partial charge in [-0.05, 0) is 42.8 Å². The summed E-state index contributed by atoms with van der Waals surface area (Å²) in [5, 5.41) is 11.7. The van der Waals surface area contributed by atoms with Gasteiger partial charge in [-0.1, -0.05) is 42.1 Å². The number of aromatic nitrogens is 2. The summed E-state index contributed by atoms with van der Waals surface area (Å²) in [5.41, 5.74) is 3.40. The number of anilines is 1. The Morgan fingerprint density at radius 3 is 2.64 bits per heavy atom. The van der Waals surface area contributed by atoms with E-state index in [1.165, 1.54) is 23.9 Å². The van der Waals surface area contributed by atoms with Gasteiger partial charge in [0.1, 0.15) is 10.8 Å². The number of benzene rings is 2. The maximum absolute atomic E-state index is 13.1. The summed E-state index contributed by atoms with van der Waals surface area (Å²) in [6, 6.07) is 17.5. The van der Waals surface area contributed by atoms with Crippen molar-refractivity contribution >= 4 is 23.4 Å². The number of rotatable bonds is 5. The molecule has 0 aliphatic rings. The van der Waals surface area contributed by atoms with Gasteiger partial charge in [-0.15, -0.1) is 10.2 Å². The van der Waals surface area contributed by atoms with E-state index in [1.807, 2.05) is 43.3 Å². The molecule has 0 spiro atoms. The van der Waals surface area contributed by atoms with Gasteiger partial charge in [0.2, 0.25) is 5.91 Å². The highest BCUT2D eigenvalue weighted by molar-refractivity contribution is 7.99. The molecule has 0 aliphatic carbocycles. The molecule has 1 heterocycles. The quantitative estimate of drug-likeness (QED) is 0.694. The molecule has 3 rings (SSSR count). The number of carbonyl (C=O) groups excluding carboxylic acids is 1. The number of nitrogens with one attached hydrogen (secondary N) is 1. The average molecular weight is 353 g/mol. The zero-order valence-electron chi connectivity index (χ0n) is 13.6. The Hall–Kier alpha value is -2.73. The van der Waals surface area contributed by atoms with Crippen LogP contribution in [0.3, 0.4) is 0 Å². The third kappa shape index (κ3) is 4.64. The van der Waals surface area contributed by atoms with E-state index in [2.05, 4.69) is 15.5 Å². The number of thioether (sulfide) groups is 1. The standard InChI is InChI=1S/C19H16FN3OS/c1-13-5-2-3-8-16(13)17-9-10-19(23-22-17)25-12-18(24)21-15-7-4-6-14(20)11-15/h2-11H,12H2,1H3,(H,21,24). The van der Waals surface area contributed by atoms with Gasteiger partial charge < -0.3 is 5.32 Å². The van der Waals surface area contributed by atoms with Crippen molar-refractivity contribution in [3.8, 4) is 11.3 Å². The van der Waals surface area contributed by atoms with Crippen LogP contribution in [0.4, 0.5) is 10.1 Å². The first-order valence-electron chi connectivity index (χ1n) is 7.70. The van der Waals surface area contributed by atoms with E-state index in [0.717, 1.165) is 16.8 Å². The number of aryl methyl sites for hydroxylation is 1. The fourth-order valence-electron chi connectivity index (χ4n) is 2.30. The number of hydrogen-bond acceptors (Lipinski definition) is 4. The minimum Gasteiger partial charge on any atom is -0.325 e. The Bertz CT molecular complexity index is 884. The van der Waals surface area contributed by atoms with E-state index in [9.17, 15) is 9.18 Å². The van der Waals surface area contributed by atoms with Crippen molar-refractivity contribution in [1.82, 2.24) is 10.2 Å². The van der Waals surface area contributed by atoms with Crippen LogP contribution in [0.5, 0.6) is 0 Å². The molecule has 1 amide bonds. The van der Waals surface area contributed by atoms with Crippen LogP contribution in [0.2, 0.25) is 0 Å². The summed E-state index contributed by atoms with van der Waals surface area (Å²) in [6.45, 7) is 2.02. The number of carbonyl (C=O) groups is 1. The summed E-state index contributed by atoms with van der Waals surface area (Å²) in [4.78, 5) is 11.9. The van der Waals surface area contributed by atoms with Gasteiger partial charge in [-0.3, -0.25) is 4.79 Å². The van der Waals surface area contributed by atoms with Gasteiger partial charge in [0, 0.05) is 11.3 Å². The van der Waals surface area contributed by atoms with Gasteiger partial charge in [0.25, 0.3) is 0 Å². The lowest BCUT2D eigenvalue weighted by Crippen LogP contribution is -2.14. The lowest BCUT2D eigenvalue weighted by molar-refractivity contribution is -0.113. The second kappa shape index (κ2) is 7.90. The van der Waals surface area contributed by atoms with Crippen molar-refractivity contribution in [2.24, 2.45) is 0 Å². The van der Waals surface area contributed by atoms with E-state index in [-0.39, 0.29) is 17.5 Å². The van der Waals surface area contributed by atoms with Crippen LogP contribution in [0.1, 0.15) is 5.56 Å². The topological polar surface area (TPSA) is 54.9 Å². The highest BCUT2D eigenvalue weighted by Crippen LogP contribution is 2.22. The highest BCUT2D eigenvalue weighted by atomic mass is 32.2. The zero-order chi connectivity index (χ0) is 17.6. The van der Waals surface area contributed by atoms with Crippen molar-refractivity contribution in [2.45, 2.75) is 11.9 Å². The summed E-state index contributed by atoms with van der Waals surface area (Å²) in [6.07, 6.45) is 0. The number of nitrogens with zero attached hydrogens (tertiary/aromatic N) is 2. The van der Waals surface area contributed by atoms with Crippen LogP contribution in [-0.4, -0.2) is 21.9 Å². The van der Waals surface area contributed by atoms with E-state index in [4.69, 9.17) is 0 Å². The summed E-state index contributed by atoms with van der Waals surface area (Å²) in [7, 11) is 0. The zero-order valence-corrected chi connectivity index (χ0v) is 14.4. The van der Waals surface area contributed by atoms with Gasteiger partial charge in [-0.25, -0.2) is 4.39 Å². The van der Waals surface area contributed by atoms with Crippen LogP contribution >= 0.6 is 11.8 Å². The van der Waals surface area contributed by atoms with E-state index < -0.39 is 0 Å². The van der Waals surface area contributed by atoms with Crippen molar-refractivity contribution in [1.29, 1.82) is 0 Å². The van der Waals surface area contributed by atoms with E-state index >= 15 is 0 Å². The lowest BCUT2D eigenvalue weighted by Gasteiger charge is -2.06. The molecule has 0 unspecified atom stereocenters. The fourth-order valence-corrected chi connectivity index (χ4v) is 2.92. The van der Waals surface area contributed by atoms with E-state index in [0.29, 0.717) is 10.7 Å². The maximum Gasteiger partial charge on any atom is 0.234 e. The first kappa shape index (κ1) is 17.1. The van der Waals surface area contributed by atoms with Gasteiger partial charge in [0.05, 0.1) is 11.4 Å². The summed E-state index contributed by atoms with van der Waals surface area (Å²) >= 11 is 1.28. The molecule has 3 aromatic rings. The SMILES string of the molecule is Cc1ccccc1-c1ccc(SCC(=O)Nc2cccc(F)c2)nn1. The van der Waals surface area contributed by atoms with Crippen LogP contribution in [0.25, 0.3) is 11.3 Å². The Kier molecular flexibility index (Phi) is 5.40. The summed E-state index contributed by atoms with van der Waals surface area (Å²) in [5.74, 6) is -0.432. The van der Waals surface area contributed by atoms with Crippen molar-refractivity contribution in [3.63, 3.8) is 0 Å². The lowest BCUT2D eigenvalue weighted by atomic mass is 10.1. The van der Waals surface area contributed by atoms with Crippen LogP contribution < -0.4 is 5.32 Å². The predicted octanol–water partition coefficient (Wildman–Crippen LogP) is 4.32. The first-order valence-corrected chi connectivity index (χ1v) is 8.68. The largest absolute Gasteiger partial charge is 0.325 e. The third-order valence-corrected chi connectivity index (χ3v) is 4.44. The monoisotopic (exact) mass is 353 g/mol. The molecule has 25 heavy (non-hydrogen) atoms. The Balaban J connectivity index is 1.58. The number of halogens is 1. The predicted molar refractivity (Wildman–Crippen MR) is 98.0 cm³/mol. The molecule has 0 atom stereocenters. The molecule has 0 radical (unpaired) electrons. The Labute approximate surface area is 149 Å². The Morgan fingerprint density at radius 2 is 1.92 bits per heavy atom. The fraction of sp³-hybridized carbons (Fsp3) is 0.105. The molecule has 0 aliphatic heterocycles. The number of hydrogen-bond donors (Lipinski definition) is 1. The molecular weight excluding hydrogens is 337 g/mol. The highest BCUT2D eigenvalue weighted by Gasteiger charge is 2.07. The van der Waals surface area contributed by atoms with Gasteiger partial charge >= 0.3 is 0 Å². The molecule has 126 valence electrons. The summed E-state index contributed by atoms with van der Waals surface area (Å²) < 4.78 is 13.1. The number of amides is 1. The minimum absolute atomic E-state index is 0.176. The molecule has 1 aromatic heterocycles. The third-order valence-electron chi connectivity index (χ3n) is 3.52. The minimum atomic E-state index is -0.386. The van der Waals surface area contributed by atoms with Crippen LogP contribution in [-0.2, 0) is 4.79 Å². The molecule has 1 N–H and O–H groups in total. The molecule has 6 heteroatoms. The van der Waals surface area contributed by atoms with Crippen molar-refractivity contribution in [2.75, 3.05) is 11.1 Å². The van der Waals surface area contributed by atoms with Crippen molar-refractivity contribution < 1.29 is 9.18 Å². The molecule has 0 bridgehead atoms.